The number of rotatable bonds is 22. The maximum absolute atomic E-state index is 10.9. The lowest BCUT2D eigenvalue weighted by Gasteiger charge is -2.18. The molecule has 4 aromatic carbocycles. The zero-order valence-electron chi connectivity index (χ0n) is 32.4. The minimum absolute atomic E-state index is 0.0667. The first-order chi connectivity index (χ1) is 28.0. The van der Waals surface area contributed by atoms with Crippen LogP contribution in [0.1, 0.15) is 59.1 Å². The van der Waals surface area contributed by atoms with Crippen LogP contribution in [0.5, 0.6) is 17.2 Å². The highest BCUT2D eigenvalue weighted by Gasteiger charge is 2.16. The summed E-state index contributed by atoms with van der Waals surface area (Å²) in [4.78, 5) is 25.8. The Bertz CT molecular complexity index is 2260. The third-order valence-electron chi connectivity index (χ3n) is 9.47. The van der Waals surface area contributed by atoms with Gasteiger partial charge in [-0.25, -0.2) is 0 Å². The zero-order valence-corrected chi connectivity index (χ0v) is 34.0. The van der Waals surface area contributed by atoms with Gasteiger partial charge in [0.05, 0.1) is 15.6 Å². The number of carbonyl (C=O) groups is 2. The van der Waals surface area contributed by atoms with Crippen LogP contribution in [0.25, 0.3) is 22.3 Å². The van der Waals surface area contributed by atoms with Gasteiger partial charge in [0.15, 0.2) is 0 Å². The Morgan fingerprint density at radius 2 is 1.38 bits per heavy atom. The number of aromatic nitrogens is 1. The summed E-state index contributed by atoms with van der Waals surface area (Å²) in [5.74, 6) is -0.0972. The number of hydrogen-bond donors (Lipinski definition) is 4. The summed E-state index contributed by atoms with van der Waals surface area (Å²) in [6, 6.07) is 25.5. The van der Waals surface area contributed by atoms with Crippen molar-refractivity contribution in [3.8, 4) is 45.6 Å². The fourth-order valence-electron chi connectivity index (χ4n) is 6.37. The molecular weight excluding hydrogens is 779 g/mol. The number of pyridine rings is 1. The van der Waals surface area contributed by atoms with Crippen molar-refractivity contribution >= 4 is 35.1 Å². The molecule has 0 spiro atoms. The molecule has 0 saturated carbocycles. The summed E-state index contributed by atoms with van der Waals surface area (Å²) >= 11 is 13.4. The molecule has 0 radical (unpaired) electrons. The second-order valence-corrected chi connectivity index (χ2v) is 14.5. The van der Waals surface area contributed by atoms with Crippen LogP contribution < -0.4 is 24.8 Å². The Balaban J connectivity index is 1.29. The van der Waals surface area contributed by atoms with E-state index in [1.165, 1.54) is 6.20 Å². The van der Waals surface area contributed by atoms with Crippen LogP contribution in [0.3, 0.4) is 0 Å². The SMILES string of the molecule is Cc1c(COc2cc(OCc3cncc(C#N)c3)c(CNCCCC(=O)O)cc2Cl)cccc1-c1cccc(-c2ccc(OCCNCCCC(=O)O)c(Cl)c2)c1C. The average molecular weight is 826 g/mol. The van der Waals surface area contributed by atoms with E-state index in [-0.39, 0.29) is 26.1 Å². The fourth-order valence-corrected chi connectivity index (χ4v) is 6.85. The summed E-state index contributed by atoms with van der Waals surface area (Å²) in [6.45, 7) is 7.05. The van der Waals surface area contributed by atoms with Gasteiger partial charge in [-0.2, -0.15) is 5.26 Å². The van der Waals surface area contributed by atoms with Crippen molar-refractivity contribution < 1.29 is 34.0 Å². The second-order valence-electron chi connectivity index (χ2n) is 13.6. The van der Waals surface area contributed by atoms with Crippen molar-refractivity contribution in [3.63, 3.8) is 0 Å². The fraction of sp³-hybridized carbons (Fsp3) is 0.289. The van der Waals surface area contributed by atoms with E-state index >= 15 is 0 Å². The summed E-state index contributed by atoms with van der Waals surface area (Å²) in [7, 11) is 0. The van der Waals surface area contributed by atoms with Gasteiger partial charge in [0, 0.05) is 55.5 Å². The van der Waals surface area contributed by atoms with Gasteiger partial charge >= 0.3 is 11.9 Å². The first kappa shape index (κ1) is 43.5. The van der Waals surface area contributed by atoms with Crippen LogP contribution in [0.4, 0.5) is 0 Å². The van der Waals surface area contributed by atoms with Gasteiger partial charge in [0.2, 0.25) is 0 Å². The van der Waals surface area contributed by atoms with Crippen molar-refractivity contribution in [1.29, 1.82) is 5.26 Å². The van der Waals surface area contributed by atoms with Gasteiger partial charge in [-0.05, 0) is 103 Å². The molecule has 0 aliphatic rings. The van der Waals surface area contributed by atoms with E-state index in [0.717, 1.165) is 50.1 Å². The number of nitrogens with zero attached hydrogens (tertiary/aromatic N) is 2. The minimum atomic E-state index is -0.846. The van der Waals surface area contributed by atoms with E-state index in [1.807, 2.05) is 36.4 Å². The molecule has 5 aromatic rings. The summed E-state index contributed by atoms with van der Waals surface area (Å²) in [5.41, 5.74) is 9.19. The van der Waals surface area contributed by atoms with Crippen molar-refractivity contribution in [3.05, 3.63) is 129 Å². The Hall–Kier alpha value is -5.64. The number of halogens is 2. The lowest BCUT2D eigenvalue weighted by Crippen LogP contribution is -2.22. The Labute approximate surface area is 348 Å². The first-order valence-corrected chi connectivity index (χ1v) is 19.7. The number of hydrogen-bond acceptors (Lipinski definition) is 9. The predicted molar refractivity (Wildman–Crippen MR) is 225 cm³/mol. The Morgan fingerprint density at radius 1 is 0.707 bits per heavy atom. The summed E-state index contributed by atoms with van der Waals surface area (Å²) in [6.07, 6.45) is 4.37. The molecule has 0 aliphatic carbocycles. The Morgan fingerprint density at radius 3 is 2.10 bits per heavy atom. The van der Waals surface area contributed by atoms with Crippen LogP contribution >= 0.6 is 23.2 Å². The third kappa shape index (κ3) is 12.4. The molecule has 4 N–H and O–H groups in total. The van der Waals surface area contributed by atoms with Crippen molar-refractivity contribution in [2.24, 2.45) is 0 Å². The minimum Gasteiger partial charge on any atom is -0.491 e. The molecule has 0 saturated heterocycles. The van der Waals surface area contributed by atoms with E-state index in [4.69, 9.17) is 47.6 Å². The molecule has 11 nitrogen and oxygen atoms in total. The summed E-state index contributed by atoms with van der Waals surface area (Å²) in [5, 5.41) is 34.4. The molecule has 1 aromatic heterocycles. The van der Waals surface area contributed by atoms with E-state index in [1.54, 1.807) is 24.4 Å². The molecule has 0 atom stereocenters. The highest BCUT2D eigenvalue weighted by Crippen LogP contribution is 2.38. The molecular formula is C45H46Cl2N4O7. The number of nitrogens with one attached hydrogen (secondary N) is 2. The van der Waals surface area contributed by atoms with E-state index < -0.39 is 11.9 Å². The maximum atomic E-state index is 10.9. The largest absolute Gasteiger partial charge is 0.491 e. The maximum Gasteiger partial charge on any atom is 0.303 e. The normalized spacial score (nSPS) is 10.9. The number of benzene rings is 4. The molecule has 13 heteroatoms. The number of carboxylic acid groups (broad SMARTS) is 2. The quantitative estimate of drug-likeness (QED) is 0.0492. The number of carboxylic acids is 2. The van der Waals surface area contributed by atoms with Gasteiger partial charge in [0.1, 0.15) is 43.1 Å². The monoisotopic (exact) mass is 824 g/mol. The topological polar surface area (TPSA) is 163 Å². The number of aliphatic carboxylic acids is 2. The van der Waals surface area contributed by atoms with Crippen LogP contribution in [-0.2, 0) is 29.3 Å². The molecule has 0 aliphatic heterocycles. The van der Waals surface area contributed by atoms with Crippen LogP contribution in [-0.4, -0.2) is 53.4 Å². The number of nitriles is 1. The van der Waals surface area contributed by atoms with Crippen LogP contribution in [0, 0.1) is 25.2 Å². The molecule has 302 valence electrons. The molecule has 5 rings (SSSR count). The highest BCUT2D eigenvalue weighted by molar-refractivity contribution is 6.32. The molecule has 0 bridgehead atoms. The van der Waals surface area contributed by atoms with Crippen LogP contribution in [0.2, 0.25) is 10.0 Å². The van der Waals surface area contributed by atoms with E-state index in [2.05, 4.69) is 53.7 Å². The second kappa shape index (κ2) is 21.8. The van der Waals surface area contributed by atoms with E-state index in [0.29, 0.717) is 78.5 Å². The Kier molecular flexibility index (Phi) is 16.3. The standard InChI is InChI=1S/C45H46Cl2N4O7/c1-29-34(28-58-43-22-42(57-27-32-19-31(23-48)24-51-25-32)35(21-40(43)47)26-50-16-6-12-45(54)55)7-3-9-37(29)38-10-4-8-36(30(38)2)33-13-14-41(39(46)20-33)56-18-17-49-15-5-11-44(52)53/h3-4,7-10,13-14,19-22,24-25,49-50H,5-6,11-12,15-18,26-28H2,1-2H3,(H,52,53)(H,54,55). The average Bonchev–Trinajstić information content (AvgIpc) is 3.20. The van der Waals surface area contributed by atoms with Gasteiger partial charge in [-0.1, -0.05) is 65.7 Å². The van der Waals surface area contributed by atoms with Crippen molar-refractivity contribution in [1.82, 2.24) is 15.6 Å². The molecule has 0 amide bonds. The number of ether oxygens (including phenoxy) is 3. The smallest absolute Gasteiger partial charge is 0.303 e. The van der Waals surface area contributed by atoms with Crippen LogP contribution in [0.15, 0.2) is 85.2 Å². The molecule has 1 heterocycles. The predicted octanol–water partition coefficient (Wildman–Crippen LogP) is 9.16. The lowest BCUT2D eigenvalue weighted by atomic mass is 9.89. The molecule has 58 heavy (non-hydrogen) atoms. The van der Waals surface area contributed by atoms with Gasteiger partial charge in [0.25, 0.3) is 0 Å². The summed E-state index contributed by atoms with van der Waals surface area (Å²) < 4.78 is 18.5. The van der Waals surface area contributed by atoms with Gasteiger partial charge < -0.3 is 35.1 Å². The molecule has 0 unspecified atom stereocenters. The lowest BCUT2D eigenvalue weighted by molar-refractivity contribution is -0.138. The first-order valence-electron chi connectivity index (χ1n) is 18.9. The van der Waals surface area contributed by atoms with Crippen molar-refractivity contribution in [2.75, 3.05) is 26.2 Å². The zero-order chi connectivity index (χ0) is 41.4. The third-order valence-corrected chi connectivity index (χ3v) is 10.1. The van der Waals surface area contributed by atoms with Gasteiger partial charge in [-0.15, -0.1) is 0 Å². The highest BCUT2D eigenvalue weighted by atomic mass is 35.5. The van der Waals surface area contributed by atoms with Gasteiger partial charge in [-0.3, -0.25) is 14.6 Å². The van der Waals surface area contributed by atoms with E-state index in [9.17, 15) is 14.9 Å². The molecule has 0 fully saturated rings. The van der Waals surface area contributed by atoms with Crippen molar-refractivity contribution in [2.45, 2.75) is 59.3 Å².